The summed E-state index contributed by atoms with van der Waals surface area (Å²) >= 11 is 0. The number of carbonyl (C=O) groups excluding carboxylic acids is 2. The van der Waals surface area contributed by atoms with Gasteiger partial charge in [-0.1, -0.05) is 20.4 Å². The third-order valence-corrected chi connectivity index (χ3v) is 7.35. The molecule has 0 aliphatic carbocycles. The number of ketones is 1. The third kappa shape index (κ3) is 7.04. The van der Waals surface area contributed by atoms with Gasteiger partial charge in [-0.05, 0) is 80.3 Å². The van der Waals surface area contributed by atoms with Gasteiger partial charge in [0, 0.05) is 29.5 Å². The van der Waals surface area contributed by atoms with Gasteiger partial charge < -0.3 is 14.8 Å². The van der Waals surface area contributed by atoms with Gasteiger partial charge in [0.1, 0.15) is 11.7 Å². The maximum atomic E-state index is 12.7. The van der Waals surface area contributed by atoms with Crippen molar-refractivity contribution < 1.29 is 19.1 Å². The number of Topliss-reactive ketones (excluding diaryl/α,β-unsaturated/α-hetero) is 1. The van der Waals surface area contributed by atoms with Crippen molar-refractivity contribution >= 4 is 11.9 Å². The fourth-order valence-electron chi connectivity index (χ4n) is 4.40. The normalized spacial score (nSPS) is 22.8. The molecule has 0 aromatic carbocycles. The first-order valence-corrected chi connectivity index (χ1v) is 11.6. The van der Waals surface area contributed by atoms with Crippen LogP contribution in [0.4, 0.5) is 4.79 Å². The number of piperidine rings is 1. The third-order valence-electron chi connectivity index (χ3n) is 7.35. The molecular formula is C25H46N2O4. The van der Waals surface area contributed by atoms with E-state index in [2.05, 4.69) is 51.5 Å². The summed E-state index contributed by atoms with van der Waals surface area (Å²) in [4.78, 5) is 27.5. The number of hydrogen-bond donors (Lipinski definition) is 1. The van der Waals surface area contributed by atoms with Crippen molar-refractivity contribution in [2.75, 3.05) is 13.7 Å². The lowest BCUT2D eigenvalue weighted by atomic mass is 9.79. The molecule has 180 valence electrons. The van der Waals surface area contributed by atoms with E-state index in [1.807, 2.05) is 20.8 Å². The van der Waals surface area contributed by atoms with E-state index >= 15 is 0 Å². The Bertz CT molecular complexity index is 654. The molecular weight excluding hydrogens is 392 g/mol. The van der Waals surface area contributed by atoms with Gasteiger partial charge in [-0.3, -0.25) is 9.69 Å². The molecule has 1 rings (SSSR count). The van der Waals surface area contributed by atoms with Gasteiger partial charge in [0.15, 0.2) is 5.78 Å². The van der Waals surface area contributed by atoms with Gasteiger partial charge in [-0.15, -0.1) is 0 Å². The summed E-state index contributed by atoms with van der Waals surface area (Å²) < 4.78 is 11.9. The van der Waals surface area contributed by atoms with Gasteiger partial charge >= 0.3 is 6.09 Å². The Labute approximate surface area is 190 Å². The van der Waals surface area contributed by atoms with Crippen LogP contribution < -0.4 is 5.32 Å². The summed E-state index contributed by atoms with van der Waals surface area (Å²) in [6.45, 7) is 22.3. The van der Waals surface area contributed by atoms with Crippen LogP contribution in [0.1, 0.15) is 94.4 Å². The van der Waals surface area contributed by atoms with Gasteiger partial charge in [-0.25, -0.2) is 4.79 Å². The first kappa shape index (κ1) is 27.6. The van der Waals surface area contributed by atoms with Crippen LogP contribution in [0.15, 0.2) is 12.2 Å². The Morgan fingerprint density at radius 2 is 1.61 bits per heavy atom. The van der Waals surface area contributed by atoms with Crippen LogP contribution in [0.5, 0.6) is 0 Å². The van der Waals surface area contributed by atoms with Crippen molar-refractivity contribution in [2.24, 2.45) is 0 Å². The summed E-state index contributed by atoms with van der Waals surface area (Å²) in [5.41, 5.74) is -0.960. The lowest BCUT2D eigenvalue weighted by molar-refractivity contribution is -0.139. The van der Waals surface area contributed by atoms with E-state index in [0.717, 1.165) is 19.3 Å². The van der Waals surface area contributed by atoms with Crippen LogP contribution in [0.3, 0.4) is 0 Å². The first-order valence-electron chi connectivity index (χ1n) is 11.6. The van der Waals surface area contributed by atoms with E-state index in [4.69, 9.17) is 9.47 Å². The highest BCUT2D eigenvalue weighted by Gasteiger charge is 2.44. The maximum absolute atomic E-state index is 12.7. The Kier molecular flexibility index (Phi) is 8.94. The zero-order valence-corrected chi connectivity index (χ0v) is 21.6. The molecule has 31 heavy (non-hydrogen) atoms. The molecule has 0 saturated carbocycles. The summed E-state index contributed by atoms with van der Waals surface area (Å²) in [5.74, 6) is -0.0759. The molecule has 0 spiro atoms. The van der Waals surface area contributed by atoms with Crippen molar-refractivity contribution in [2.45, 2.75) is 123 Å². The Balaban J connectivity index is 2.71. The highest BCUT2D eigenvalue weighted by atomic mass is 16.6. The molecule has 1 aliphatic heterocycles. The fraction of sp³-hybridized carbons (Fsp3) is 0.840. The number of alkyl carbamates (subject to hydrolysis) is 1. The number of ether oxygens (including phenoxy) is 2. The number of nitrogens with zero attached hydrogens (tertiary/aromatic N) is 1. The summed E-state index contributed by atoms with van der Waals surface area (Å²) in [6.07, 6.45) is 2.96. The monoisotopic (exact) mass is 438 g/mol. The van der Waals surface area contributed by atoms with Crippen LogP contribution in [-0.4, -0.2) is 58.8 Å². The number of likely N-dealkylation sites (tertiary alicyclic amines) is 1. The lowest BCUT2D eigenvalue weighted by Gasteiger charge is -2.53. The summed E-state index contributed by atoms with van der Waals surface area (Å²) in [5, 5.41) is 3.06. The minimum atomic E-state index is -0.883. The lowest BCUT2D eigenvalue weighted by Crippen LogP contribution is -2.61. The van der Waals surface area contributed by atoms with E-state index < -0.39 is 11.1 Å². The Morgan fingerprint density at radius 3 is 2.03 bits per heavy atom. The van der Waals surface area contributed by atoms with E-state index in [9.17, 15) is 9.59 Å². The molecule has 1 N–H and O–H groups in total. The smallest absolute Gasteiger partial charge is 0.407 e. The predicted octanol–water partition coefficient (Wildman–Crippen LogP) is 5.25. The molecule has 6 heteroatoms. The van der Waals surface area contributed by atoms with Crippen LogP contribution in [-0.2, 0) is 14.3 Å². The maximum Gasteiger partial charge on any atom is 0.407 e. The molecule has 0 aromatic heterocycles. The van der Waals surface area contributed by atoms with Crippen molar-refractivity contribution in [3.63, 3.8) is 0 Å². The van der Waals surface area contributed by atoms with E-state index in [-0.39, 0.29) is 29.1 Å². The largest absolute Gasteiger partial charge is 0.446 e. The number of hydrogen-bond acceptors (Lipinski definition) is 5. The minimum absolute atomic E-state index is 0.0466. The van der Waals surface area contributed by atoms with Crippen LogP contribution >= 0.6 is 0 Å². The van der Waals surface area contributed by atoms with Crippen molar-refractivity contribution in [1.82, 2.24) is 10.2 Å². The minimum Gasteiger partial charge on any atom is -0.446 e. The molecule has 1 aliphatic rings. The fourth-order valence-corrected chi connectivity index (χ4v) is 4.40. The van der Waals surface area contributed by atoms with Crippen molar-refractivity contribution in [1.29, 1.82) is 0 Å². The molecule has 1 saturated heterocycles. The topological polar surface area (TPSA) is 67.9 Å². The SMILES string of the molecule is C=C(C)C(=O)C(C)(CC)OCCC(C)(CC)NC(=O)OC1CC(C)(C)N(C)C(C)(C)C1. The standard InChI is InChI=1S/C25H46N2O4/c1-12-24(9,14-15-30-25(10,13-2)20(28)18(3)4)26-21(29)31-19-16-22(5,6)27(11)23(7,8)17-19/h19H,3,12-17H2,1-2,4-11H3,(H,26,29). The molecule has 6 nitrogen and oxygen atoms in total. The quantitative estimate of drug-likeness (QED) is 0.472. The Morgan fingerprint density at radius 1 is 1.10 bits per heavy atom. The molecule has 2 unspecified atom stereocenters. The predicted molar refractivity (Wildman–Crippen MR) is 126 cm³/mol. The average Bonchev–Trinajstić information content (AvgIpc) is 2.64. The Hall–Kier alpha value is -1.40. The first-order chi connectivity index (χ1) is 14.0. The molecule has 1 fully saturated rings. The number of rotatable bonds is 10. The van der Waals surface area contributed by atoms with E-state index in [1.165, 1.54) is 0 Å². The molecule has 0 aromatic rings. The molecule has 1 heterocycles. The molecule has 2 atom stereocenters. The van der Waals surface area contributed by atoms with Crippen LogP contribution in [0.2, 0.25) is 0 Å². The zero-order chi connectivity index (χ0) is 24.3. The van der Waals surface area contributed by atoms with E-state index in [1.54, 1.807) is 13.8 Å². The number of nitrogens with one attached hydrogen (secondary N) is 1. The average molecular weight is 439 g/mol. The molecule has 0 bridgehead atoms. The van der Waals surface area contributed by atoms with Crippen LogP contribution in [0.25, 0.3) is 0 Å². The van der Waals surface area contributed by atoms with E-state index in [0.29, 0.717) is 25.0 Å². The highest BCUT2D eigenvalue weighted by Crippen LogP contribution is 2.38. The van der Waals surface area contributed by atoms with Crippen molar-refractivity contribution in [3.05, 3.63) is 12.2 Å². The summed E-state index contributed by atoms with van der Waals surface area (Å²) in [6, 6.07) is 0. The highest BCUT2D eigenvalue weighted by molar-refractivity contribution is 6.00. The summed E-state index contributed by atoms with van der Waals surface area (Å²) in [7, 11) is 2.13. The van der Waals surface area contributed by atoms with Crippen molar-refractivity contribution in [3.8, 4) is 0 Å². The second kappa shape index (κ2) is 10.0. The molecule has 1 amide bonds. The second-order valence-corrected chi connectivity index (χ2v) is 11.0. The number of carbonyl (C=O) groups is 2. The van der Waals surface area contributed by atoms with Gasteiger partial charge in [0.2, 0.25) is 0 Å². The van der Waals surface area contributed by atoms with Gasteiger partial charge in [0.25, 0.3) is 0 Å². The van der Waals surface area contributed by atoms with Gasteiger partial charge in [0.05, 0.1) is 6.61 Å². The molecule has 0 radical (unpaired) electrons. The second-order valence-electron chi connectivity index (χ2n) is 11.0. The van der Waals surface area contributed by atoms with Crippen LogP contribution in [0, 0.1) is 0 Å². The number of amides is 1. The zero-order valence-electron chi connectivity index (χ0n) is 21.6. The van der Waals surface area contributed by atoms with Gasteiger partial charge in [-0.2, -0.15) is 0 Å².